The lowest BCUT2D eigenvalue weighted by Gasteiger charge is -2.17. The molecular weight excluding hydrogens is 182 g/mol. The predicted molar refractivity (Wildman–Crippen MR) is 52.1 cm³/mol. The molecule has 80 valence electrons. The molecular formula is C9H17N3O2. The van der Waals surface area contributed by atoms with Crippen molar-refractivity contribution in [3.8, 4) is 0 Å². The Balaban J connectivity index is 2.28. The molecule has 0 spiro atoms. The number of likely N-dealkylation sites (N-methyl/N-ethyl adjacent to an activating group) is 1. The van der Waals surface area contributed by atoms with Crippen LogP contribution in [-0.2, 0) is 9.59 Å². The number of carbonyl (C=O) groups excluding carboxylic acids is 2. The van der Waals surface area contributed by atoms with E-state index in [1.807, 2.05) is 0 Å². The Labute approximate surface area is 83.4 Å². The summed E-state index contributed by atoms with van der Waals surface area (Å²) in [7, 11) is 1.56. The van der Waals surface area contributed by atoms with Crippen LogP contribution in [0.15, 0.2) is 0 Å². The van der Waals surface area contributed by atoms with Crippen LogP contribution in [0, 0.1) is 5.92 Å². The Morgan fingerprint density at radius 3 is 2.50 bits per heavy atom. The number of hydrogen-bond acceptors (Lipinski definition) is 3. The molecule has 0 radical (unpaired) electrons. The fraction of sp³-hybridized carbons (Fsp3) is 0.778. The second-order valence-electron chi connectivity index (χ2n) is 3.92. The standard InChI is InChI=1S/C9H17N3O2/c1-12(5-8(11)13)9(14)4-7(10)6-2-3-6/h6-7H,2-5,10H2,1H3,(H2,11,13). The summed E-state index contributed by atoms with van der Waals surface area (Å²) in [4.78, 5) is 23.3. The maximum Gasteiger partial charge on any atom is 0.237 e. The van der Waals surface area contributed by atoms with Gasteiger partial charge in [0.2, 0.25) is 11.8 Å². The summed E-state index contributed by atoms with van der Waals surface area (Å²) < 4.78 is 0. The molecule has 5 heteroatoms. The molecule has 1 aliphatic rings. The molecule has 4 N–H and O–H groups in total. The Hall–Kier alpha value is -1.10. The van der Waals surface area contributed by atoms with E-state index in [0.717, 1.165) is 12.8 Å². The van der Waals surface area contributed by atoms with Crippen LogP contribution in [0.25, 0.3) is 0 Å². The molecule has 1 fully saturated rings. The minimum Gasteiger partial charge on any atom is -0.368 e. The summed E-state index contributed by atoms with van der Waals surface area (Å²) in [5.41, 5.74) is 10.8. The summed E-state index contributed by atoms with van der Waals surface area (Å²) in [6, 6.07) is -0.0576. The third kappa shape index (κ3) is 3.33. The van der Waals surface area contributed by atoms with Crippen molar-refractivity contribution >= 4 is 11.8 Å². The number of rotatable bonds is 5. The summed E-state index contributed by atoms with van der Waals surface area (Å²) in [6.07, 6.45) is 2.55. The van der Waals surface area contributed by atoms with Crippen molar-refractivity contribution in [2.45, 2.75) is 25.3 Å². The van der Waals surface area contributed by atoms with Gasteiger partial charge in [0.05, 0.1) is 6.54 Å². The average Bonchev–Trinajstić information content (AvgIpc) is 2.84. The van der Waals surface area contributed by atoms with E-state index in [9.17, 15) is 9.59 Å². The van der Waals surface area contributed by atoms with Gasteiger partial charge in [0.25, 0.3) is 0 Å². The van der Waals surface area contributed by atoms with Crippen molar-refractivity contribution in [2.75, 3.05) is 13.6 Å². The first-order chi connectivity index (χ1) is 6.50. The lowest BCUT2D eigenvalue weighted by molar-refractivity contribution is -0.134. The average molecular weight is 199 g/mol. The molecule has 2 amide bonds. The smallest absolute Gasteiger partial charge is 0.237 e. The minimum absolute atomic E-state index is 0.0315. The molecule has 0 heterocycles. The normalized spacial score (nSPS) is 17.6. The SMILES string of the molecule is CN(CC(N)=O)C(=O)CC(N)C1CC1. The summed E-state index contributed by atoms with van der Waals surface area (Å²) in [5.74, 6) is -0.107. The molecule has 0 aromatic carbocycles. The zero-order chi connectivity index (χ0) is 10.7. The lowest BCUT2D eigenvalue weighted by atomic mass is 10.1. The van der Waals surface area contributed by atoms with E-state index in [2.05, 4.69) is 0 Å². The van der Waals surface area contributed by atoms with Gasteiger partial charge in [-0.15, -0.1) is 0 Å². The third-order valence-corrected chi connectivity index (χ3v) is 2.46. The van der Waals surface area contributed by atoms with Gasteiger partial charge in [0.15, 0.2) is 0 Å². The maximum absolute atomic E-state index is 11.5. The fourth-order valence-electron chi connectivity index (χ4n) is 1.37. The highest BCUT2D eigenvalue weighted by Gasteiger charge is 2.30. The quantitative estimate of drug-likeness (QED) is 0.598. The Morgan fingerprint density at radius 2 is 2.07 bits per heavy atom. The van der Waals surface area contributed by atoms with Crippen molar-refractivity contribution in [1.29, 1.82) is 0 Å². The van der Waals surface area contributed by atoms with E-state index in [-0.39, 0.29) is 18.5 Å². The zero-order valence-corrected chi connectivity index (χ0v) is 8.40. The van der Waals surface area contributed by atoms with Crippen molar-refractivity contribution in [3.05, 3.63) is 0 Å². The first-order valence-corrected chi connectivity index (χ1v) is 4.78. The molecule has 0 saturated heterocycles. The van der Waals surface area contributed by atoms with Crippen molar-refractivity contribution < 1.29 is 9.59 Å². The minimum atomic E-state index is -0.499. The van der Waals surface area contributed by atoms with Gasteiger partial charge < -0.3 is 16.4 Å². The van der Waals surface area contributed by atoms with Crippen LogP contribution in [0.5, 0.6) is 0 Å². The lowest BCUT2D eigenvalue weighted by Crippen LogP contribution is -2.38. The van der Waals surface area contributed by atoms with Crippen LogP contribution < -0.4 is 11.5 Å². The predicted octanol–water partition coefficient (Wildman–Crippen LogP) is -0.942. The maximum atomic E-state index is 11.5. The van der Waals surface area contributed by atoms with Gasteiger partial charge in [-0.3, -0.25) is 9.59 Å². The first kappa shape index (κ1) is 11.0. The molecule has 1 aliphatic carbocycles. The summed E-state index contributed by atoms with van der Waals surface area (Å²) in [5, 5.41) is 0. The summed E-state index contributed by atoms with van der Waals surface area (Å²) in [6.45, 7) is -0.0315. The largest absolute Gasteiger partial charge is 0.368 e. The monoisotopic (exact) mass is 199 g/mol. The van der Waals surface area contributed by atoms with Gasteiger partial charge in [0.1, 0.15) is 0 Å². The molecule has 0 aliphatic heterocycles. The molecule has 5 nitrogen and oxygen atoms in total. The van der Waals surface area contributed by atoms with E-state index in [1.54, 1.807) is 7.05 Å². The molecule has 0 aromatic heterocycles. The van der Waals surface area contributed by atoms with Gasteiger partial charge in [0, 0.05) is 19.5 Å². The molecule has 14 heavy (non-hydrogen) atoms. The van der Waals surface area contributed by atoms with Crippen molar-refractivity contribution in [3.63, 3.8) is 0 Å². The molecule has 1 rings (SSSR count). The second-order valence-corrected chi connectivity index (χ2v) is 3.92. The highest BCUT2D eigenvalue weighted by molar-refractivity contribution is 5.83. The van der Waals surface area contributed by atoms with E-state index < -0.39 is 5.91 Å². The Morgan fingerprint density at radius 1 is 1.50 bits per heavy atom. The molecule has 1 saturated carbocycles. The van der Waals surface area contributed by atoms with Crippen LogP contribution in [0.3, 0.4) is 0 Å². The van der Waals surface area contributed by atoms with Crippen LogP contribution in [0.4, 0.5) is 0 Å². The van der Waals surface area contributed by atoms with E-state index >= 15 is 0 Å². The Kier molecular flexibility index (Phi) is 3.46. The second kappa shape index (κ2) is 4.41. The van der Waals surface area contributed by atoms with E-state index in [4.69, 9.17) is 11.5 Å². The van der Waals surface area contributed by atoms with Gasteiger partial charge in [-0.1, -0.05) is 0 Å². The highest BCUT2D eigenvalue weighted by atomic mass is 16.2. The molecule has 0 aromatic rings. The van der Waals surface area contributed by atoms with Gasteiger partial charge in [-0.05, 0) is 18.8 Å². The van der Waals surface area contributed by atoms with Crippen LogP contribution in [0.1, 0.15) is 19.3 Å². The first-order valence-electron chi connectivity index (χ1n) is 4.78. The van der Waals surface area contributed by atoms with Crippen molar-refractivity contribution in [2.24, 2.45) is 17.4 Å². The van der Waals surface area contributed by atoms with Crippen LogP contribution in [0.2, 0.25) is 0 Å². The van der Waals surface area contributed by atoms with E-state index in [0.29, 0.717) is 12.3 Å². The number of primary amides is 1. The number of amides is 2. The molecule has 0 bridgehead atoms. The van der Waals surface area contributed by atoms with Gasteiger partial charge in [-0.2, -0.15) is 0 Å². The van der Waals surface area contributed by atoms with Gasteiger partial charge >= 0.3 is 0 Å². The zero-order valence-electron chi connectivity index (χ0n) is 8.40. The van der Waals surface area contributed by atoms with Crippen LogP contribution >= 0.6 is 0 Å². The third-order valence-electron chi connectivity index (χ3n) is 2.46. The fourth-order valence-corrected chi connectivity index (χ4v) is 1.37. The van der Waals surface area contributed by atoms with Crippen LogP contribution in [-0.4, -0.2) is 36.3 Å². The number of hydrogen-bond donors (Lipinski definition) is 2. The van der Waals surface area contributed by atoms with E-state index in [1.165, 1.54) is 4.90 Å². The molecule has 1 atom stereocenters. The topological polar surface area (TPSA) is 89.4 Å². The van der Waals surface area contributed by atoms with Crippen molar-refractivity contribution in [1.82, 2.24) is 4.90 Å². The van der Waals surface area contributed by atoms with Gasteiger partial charge in [-0.25, -0.2) is 0 Å². The number of nitrogens with two attached hydrogens (primary N) is 2. The number of carbonyl (C=O) groups is 2. The Bertz CT molecular complexity index is 238. The highest BCUT2D eigenvalue weighted by Crippen LogP contribution is 2.32. The molecule has 1 unspecified atom stereocenters. The summed E-state index contributed by atoms with van der Waals surface area (Å²) >= 11 is 0. The number of nitrogens with zero attached hydrogens (tertiary/aromatic N) is 1.